The van der Waals surface area contributed by atoms with Crippen LogP contribution in [0.1, 0.15) is 10.4 Å². The number of aromatic nitrogens is 4. The molecule has 3 aromatic rings. The molecular weight excluding hydrogens is 383 g/mol. The molecule has 0 radical (unpaired) electrons. The zero-order valence-electron chi connectivity index (χ0n) is 13.3. The molecule has 1 fully saturated rings. The number of aryl methyl sites for hydroxylation is 1. The minimum absolute atomic E-state index is 0.0815. The van der Waals surface area contributed by atoms with Crippen LogP contribution in [0.3, 0.4) is 0 Å². The second-order valence-corrected chi connectivity index (χ2v) is 8.01. The van der Waals surface area contributed by atoms with E-state index in [2.05, 4.69) is 20.0 Å². The van der Waals surface area contributed by atoms with E-state index in [4.69, 9.17) is 23.2 Å². The van der Waals surface area contributed by atoms with Crippen LogP contribution in [0.25, 0.3) is 11.0 Å². The lowest BCUT2D eigenvalue weighted by Crippen LogP contribution is -2.49. The Morgan fingerprint density at radius 1 is 1.20 bits per heavy atom. The summed E-state index contributed by atoms with van der Waals surface area (Å²) < 4.78 is 2.68. The van der Waals surface area contributed by atoms with Gasteiger partial charge in [-0.1, -0.05) is 23.2 Å². The quantitative estimate of drug-likeness (QED) is 0.665. The third-order valence-corrected chi connectivity index (χ3v) is 5.75. The maximum Gasteiger partial charge on any atom is 0.256 e. The van der Waals surface area contributed by atoms with E-state index in [-0.39, 0.29) is 5.91 Å². The maximum atomic E-state index is 12.6. The molecule has 0 unspecified atom stereocenters. The summed E-state index contributed by atoms with van der Waals surface area (Å²) >= 11 is 13.3. The number of thiophene rings is 1. The Morgan fingerprint density at radius 3 is 2.64 bits per heavy atom. The van der Waals surface area contributed by atoms with Crippen molar-refractivity contribution in [3.8, 4) is 0 Å². The average Bonchev–Trinajstić information content (AvgIpc) is 3.16. The summed E-state index contributed by atoms with van der Waals surface area (Å²) in [5.74, 6) is 0.767. The third kappa shape index (κ3) is 2.94. The highest BCUT2D eigenvalue weighted by Crippen LogP contribution is 2.32. The first kappa shape index (κ1) is 16.6. The van der Waals surface area contributed by atoms with E-state index in [1.54, 1.807) is 28.2 Å². The fourth-order valence-electron chi connectivity index (χ4n) is 2.98. The van der Waals surface area contributed by atoms with Gasteiger partial charge >= 0.3 is 0 Å². The van der Waals surface area contributed by atoms with E-state index in [9.17, 15) is 4.79 Å². The first-order valence-electron chi connectivity index (χ1n) is 7.66. The molecule has 3 aromatic heterocycles. The van der Waals surface area contributed by atoms with Gasteiger partial charge in [-0.15, -0.1) is 11.3 Å². The zero-order chi connectivity index (χ0) is 17.6. The summed E-state index contributed by atoms with van der Waals surface area (Å²) in [6.45, 7) is 2.55. The Hall–Kier alpha value is -1.90. The van der Waals surface area contributed by atoms with Gasteiger partial charge in [0, 0.05) is 33.2 Å². The number of carbonyl (C=O) groups is 1. The van der Waals surface area contributed by atoms with Gasteiger partial charge in [-0.2, -0.15) is 5.10 Å². The van der Waals surface area contributed by atoms with Gasteiger partial charge < -0.3 is 9.80 Å². The van der Waals surface area contributed by atoms with Crippen LogP contribution < -0.4 is 4.90 Å². The highest BCUT2D eigenvalue weighted by molar-refractivity contribution is 7.20. The molecule has 4 rings (SSSR count). The van der Waals surface area contributed by atoms with Crippen molar-refractivity contribution in [1.82, 2.24) is 24.6 Å². The van der Waals surface area contributed by atoms with Gasteiger partial charge in [0.1, 0.15) is 16.5 Å². The molecule has 1 amide bonds. The molecule has 1 saturated heterocycles. The summed E-state index contributed by atoms with van der Waals surface area (Å²) in [6, 6.07) is 1.63. The molecule has 0 N–H and O–H groups in total. The van der Waals surface area contributed by atoms with Crippen molar-refractivity contribution >= 4 is 57.3 Å². The maximum absolute atomic E-state index is 12.6. The number of nitrogens with zero attached hydrogens (tertiary/aromatic N) is 6. The normalized spacial score (nSPS) is 15.2. The number of fused-ring (bicyclic) bond motifs is 1. The number of rotatable bonds is 2. The molecule has 0 spiro atoms. The van der Waals surface area contributed by atoms with Crippen LogP contribution in [-0.4, -0.2) is 56.7 Å². The van der Waals surface area contributed by atoms with Crippen LogP contribution in [0.2, 0.25) is 8.67 Å². The van der Waals surface area contributed by atoms with Crippen LogP contribution >= 0.6 is 34.5 Å². The van der Waals surface area contributed by atoms with Gasteiger partial charge in [0.15, 0.2) is 5.65 Å². The molecule has 1 aliphatic heterocycles. The molecular formula is C15H14Cl2N6OS. The Bertz CT molecular complexity index is 947. The fraction of sp³-hybridized carbons (Fsp3) is 0.333. The molecule has 10 heteroatoms. The molecule has 0 aliphatic carbocycles. The lowest BCUT2D eigenvalue weighted by Gasteiger charge is -2.35. The smallest absolute Gasteiger partial charge is 0.256 e. The predicted octanol–water partition coefficient (Wildman–Crippen LogP) is 2.69. The number of amides is 1. The van der Waals surface area contributed by atoms with Crippen molar-refractivity contribution in [3.05, 3.63) is 32.8 Å². The predicted molar refractivity (Wildman–Crippen MR) is 98.8 cm³/mol. The number of halogens is 2. The van der Waals surface area contributed by atoms with Gasteiger partial charge in [-0.25, -0.2) is 9.97 Å². The van der Waals surface area contributed by atoms with E-state index in [0.717, 1.165) is 16.9 Å². The Kier molecular flexibility index (Phi) is 4.26. The molecule has 7 nitrogen and oxygen atoms in total. The summed E-state index contributed by atoms with van der Waals surface area (Å²) in [5.41, 5.74) is 1.27. The topological polar surface area (TPSA) is 67.2 Å². The molecule has 25 heavy (non-hydrogen) atoms. The molecule has 0 atom stereocenters. The minimum Gasteiger partial charge on any atom is -0.352 e. The molecule has 1 aliphatic rings. The zero-order valence-corrected chi connectivity index (χ0v) is 15.6. The fourth-order valence-corrected chi connectivity index (χ4v) is 4.43. The Morgan fingerprint density at radius 2 is 1.96 bits per heavy atom. The highest BCUT2D eigenvalue weighted by atomic mass is 35.5. The first-order chi connectivity index (χ1) is 12.0. The largest absolute Gasteiger partial charge is 0.352 e. The van der Waals surface area contributed by atoms with Crippen LogP contribution in [0.15, 0.2) is 18.6 Å². The van der Waals surface area contributed by atoms with Crippen molar-refractivity contribution in [2.24, 2.45) is 7.05 Å². The van der Waals surface area contributed by atoms with Gasteiger partial charge in [-0.05, 0) is 6.07 Å². The average molecular weight is 397 g/mol. The van der Waals surface area contributed by atoms with Gasteiger partial charge in [-0.3, -0.25) is 9.48 Å². The van der Waals surface area contributed by atoms with Crippen LogP contribution in [0.5, 0.6) is 0 Å². The van der Waals surface area contributed by atoms with Crippen molar-refractivity contribution in [2.75, 3.05) is 31.1 Å². The molecule has 0 aromatic carbocycles. The number of carbonyl (C=O) groups excluding carboxylic acids is 1. The summed E-state index contributed by atoms with van der Waals surface area (Å²) in [5, 5.41) is 5.16. The number of hydrogen-bond donors (Lipinski definition) is 0. The standard InChI is InChI=1S/C15H14Cl2N6OS/c1-21-13-10(7-20-21)14(19-8-18-13)22-2-4-23(5-3-22)15(24)9-6-11(16)25-12(9)17/h6-8H,2-5H2,1H3. The van der Waals surface area contributed by atoms with E-state index in [1.807, 2.05) is 7.05 Å². The number of anilines is 1. The summed E-state index contributed by atoms with van der Waals surface area (Å²) in [7, 11) is 1.85. The molecule has 0 bridgehead atoms. The van der Waals surface area contributed by atoms with Crippen LogP contribution in [-0.2, 0) is 7.05 Å². The second kappa shape index (κ2) is 6.44. The number of piperazine rings is 1. The Labute approximate surface area is 157 Å². The Balaban J connectivity index is 1.51. The molecule has 0 saturated carbocycles. The molecule has 4 heterocycles. The van der Waals surface area contributed by atoms with Crippen LogP contribution in [0, 0.1) is 0 Å². The highest BCUT2D eigenvalue weighted by Gasteiger charge is 2.26. The molecule has 130 valence electrons. The van der Waals surface area contributed by atoms with Gasteiger partial charge in [0.2, 0.25) is 0 Å². The van der Waals surface area contributed by atoms with E-state index >= 15 is 0 Å². The van der Waals surface area contributed by atoms with Crippen molar-refractivity contribution in [1.29, 1.82) is 0 Å². The van der Waals surface area contributed by atoms with E-state index in [1.165, 1.54) is 11.3 Å². The number of hydrogen-bond acceptors (Lipinski definition) is 6. The lowest BCUT2D eigenvalue weighted by molar-refractivity contribution is 0.0747. The van der Waals surface area contributed by atoms with Crippen molar-refractivity contribution < 1.29 is 4.79 Å². The van der Waals surface area contributed by atoms with Crippen molar-refractivity contribution in [3.63, 3.8) is 0 Å². The van der Waals surface area contributed by atoms with E-state index < -0.39 is 0 Å². The minimum atomic E-state index is -0.0815. The summed E-state index contributed by atoms with van der Waals surface area (Å²) in [6.07, 6.45) is 3.32. The van der Waals surface area contributed by atoms with E-state index in [0.29, 0.717) is 40.4 Å². The first-order valence-corrected chi connectivity index (χ1v) is 9.23. The van der Waals surface area contributed by atoms with Gasteiger partial charge in [0.05, 0.1) is 21.5 Å². The van der Waals surface area contributed by atoms with Gasteiger partial charge in [0.25, 0.3) is 5.91 Å². The summed E-state index contributed by atoms with van der Waals surface area (Å²) in [4.78, 5) is 25.2. The van der Waals surface area contributed by atoms with Crippen LogP contribution in [0.4, 0.5) is 5.82 Å². The second-order valence-electron chi connectivity index (χ2n) is 5.72. The van der Waals surface area contributed by atoms with Crippen molar-refractivity contribution in [2.45, 2.75) is 0 Å². The lowest BCUT2D eigenvalue weighted by atomic mass is 10.2. The third-order valence-electron chi connectivity index (χ3n) is 4.26. The monoisotopic (exact) mass is 396 g/mol. The SMILES string of the molecule is Cn1ncc2c(N3CCN(C(=O)c4cc(Cl)sc4Cl)CC3)ncnc21.